The van der Waals surface area contributed by atoms with Gasteiger partial charge >= 0.3 is 5.97 Å². The SMILES string of the molecule is CCOC(=S)SC(CC(C(=O)OC)C(OC)OC)N1C(=O)c2ccccc2C1=O. The minimum absolute atomic E-state index is 0.00235. The van der Waals surface area contributed by atoms with Crippen LogP contribution in [-0.2, 0) is 23.7 Å². The van der Waals surface area contributed by atoms with Crippen molar-refractivity contribution in [1.29, 1.82) is 0 Å². The summed E-state index contributed by atoms with van der Waals surface area (Å²) in [5.74, 6) is -2.42. The number of esters is 1. The Morgan fingerprint density at radius 2 is 1.66 bits per heavy atom. The number of thioether (sulfide) groups is 1. The van der Waals surface area contributed by atoms with Crippen molar-refractivity contribution in [3.63, 3.8) is 0 Å². The molecule has 0 saturated heterocycles. The lowest BCUT2D eigenvalue weighted by molar-refractivity contribution is -0.175. The molecule has 0 radical (unpaired) electrons. The zero-order valence-corrected chi connectivity index (χ0v) is 18.2. The van der Waals surface area contributed by atoms with Gasteiger partial charge in [-0.15, -0.1) is 0 Å². The lowest BCUT2D eigenvalue weighted by Crippen LogP contribution is -2.43. The van der Waals surface area contributed by atoms with E-state index in [2.05, 4.69) is 0 Å². The molecule has 1 aromatic carbocycles. The number of benzene rings is 1. The summed E-state index contributed by atoms with van der Waals surface area (Å²) in [7, 11) is 4.02. The molecule has 2 unspecified atom stereocenters. The molecule has 0 bridgehead atoms. The number of hydrogen-bond acceptors (Lipinski definition) is 9. The number of amides is 2. The van der Waals surface area contributed by atoms with E-state index in [9.17, 15) is 14.4 Å². The highest BCUT2D eigenvalue weighted by molar-refractivity contribution is 8.23. The van der Waals surface area contributed by atoms with Crippen LogP contribution in [0.2, 0.25) is 0 Å². The van der Waals surface area contributed by atoms with Gasteiger partial charge in [0.1, 0.15) is 5.92 Å². The Kier molecular flexibility index (Phi) is 8.57. The van der Waals surface area contributed by atoms with Gasteiger partial charge in [-0.1, -0.05) is 23.9 Å². The van der Waals surface area contributed by atoms with Crippen LogP contribution in [0.4, 0.5) is 0 Å². The van der Waals surface area contributed by atoms with Gasteiger partial charge in [-0.2, -0.15) is 0 Å². The van der Waals surface area contributed by atoms with Gasteiger partial charge in [0.2, 0.25) is 4.38 Å². The van der Waals surface area contributed by atoms with Gasteiger partial charge in [0.15, 0.2) is 6.29 Å². The van der Waals surface area contributed by atoms with E-state index < -0.39 is 35.4 Å². The number of fused-ring (bicyclic) bond motifs is 1. The quantitative estimate of drug-likeness (QED) is 0.248. The van der Waals surface area contributed by atoms with Crippen molar-refractivity contribution in [3.05, 3.63) is 35.4 Å². The van der Waals surface area contributed by atoms with Gasteiger partial charge < -0.3 is 18.9 Å². The molecule has 1 aliphatic rings. The molecule has 0 N–H and O–H groups in total. The minimum atomic E-state index is -0.929. The van der Waals surface area contributed by atoms with Crippen molar-refractivity contribution in [2.75, 3.05) is 27.9 Å². The largest absolute Gasteiger partial charge is 0.479 e. The molecule has 29 heavy (non-hydrogen) atoms. The Hall–Kier alpha value is -2.01. The van der Waals surface area contributed by atoms with E-state index in [4.69, 9.17) is 31.2 Å². The molecule has 1 aromatic rings. The molecule has 0 fully saturated rings. The number of imide groups is 1. The maximum absolute atomic E-state index is 12.9. The summed E-state index contributed by atoms with van der Waals surface area (Å²) in [6.07, 6.45) is -0.927. The maximum atomic E-state index is 12.9. The second kappa shape index (κ2) is 10.7. The summed E-state index contributed by atoms with van der Waals surface area (Å²) >= 11 is 6.22. The van der Waals surface area contributed by atoms with Crippen LogP contribution in [0.5, 0.6) is 0 Å². The fraction of sp³-hybridized carbons (Fsp3) is 0.474. The zero-order valence-electron chi connectivity index (χ0n) is 16.6. The highest BCUT2D eigenvalue weighted by Gasteiger charge is 2.44. The summed E-state index contributed by atoms with van der Waals surface area (Å²) in [5, 5.41) is -0.821. The number of thiocarbonyl (C=S) groups is 1. The van der Waals surface area contributed by atoms with Gasteiger partial charge in [-0.05, 0) is 37.7 Å². The van der Waals surface area contributed by atoms with E-state index in [0.717, 1.165) is 16.7 Å². The summed E-state index contributed by atoms with van der Waals surface area (Å²) in [6, 6.07) is 6.54. The normalized spacial score (nSPS) is 15.3. The third kappa shape index (κ3) is 5.13. The molecule has 0 aromatic heterocycles. The Morgan fingerprint density at radius 3 is 2.10 bits per heavy atom. The van der Waals surface area contributed by atoms with Crippen LogP contribution in [0.25, 0.3) is 0 Å². The first-order valence-corrected chi connectivity index (χ1v) is 10.1. The number of hydrogen-bond donors (Lipinski definition) is 0. The zero-order chi connectivity index (χ0) is 21.6. The van der Waals surface area contributed by atoms with Crippen LogP contribution in [-0.4, -0.2) is 66.7 Å². The number of ether oxygens (including phenoxy) is 4. The lowest BCUT2D eigenvalue weighted by atomic mass is 10.0. The Morgan fingerprint density at radius 1 is 1.10 bits per heavy atom. The van der Waals surface area contributed by atoms with Crippen molar-refractivity contribution in [2.24, 2.45) is 5.92 Å². The fourth-order valence-electron chi connectivity index (χ4n) is 3.05. The number of nitrogens with zero attached hydrogens (tertiary/aromatic N) is 1. The molecular formula is C19H23NO7S2. The second-order valence-electron chi connectivity index (χ2n) is 5.99. The van der Waals surface area contributed by atoms with Crippen molar-refractivity contribution in [3.8, 4) is 0 Å². The first-order chi connectivity index (χ1) is 13.9. The minimum Gasteiger partial charge on any atom is -0.479 e. The van der Waals surface area contributed by atoms with E-state index in [0.29, 0.717) is 17.7 Å². The van der Waals surface area contributed by atoms with Crippen molar-refractivity contribution in [1.82, 2.24) is 4.90 Å². The fourth-order valence-corrected chi connectivity index (χ4v) is 4.51. The van der Waals surface area contributed by atoms with Gasteiger partial charge in [-0.25, -0.2) is 0 Å². The molecule has 2 amide bonds. The first-order valence-electron chi connectivity index (χ1n) is 8.83. The van der Waals surface area contributed by atoms with E-state index in [-0.39, 0.29) is 10.8 Å². The number of methoxy groups -OCH3 is 3. The van der Waals surface area contributed by atoms with Crippen LogP contribution in [0.1, 0.15) is 34.1 Å². The van der Waals surface area contributed by atoms with Gasteiger partial charge in [0, 0.05) is 14.2 Å². The lowest BCUT2D eigenvalue weighted by Gasteiger charge is -2.30. The third-order valence-corrected chi connectivity index (χ3v) is 5.75. The van der Waals surface area contributed by atoms with Crippen molar-refractivity contribution in [2.45, 2.75) is 25.0 Å². The van der Waals surface area contributed by atoms with Crippen molar-refractivity contribution < 1.29 is 33.3 Å². The predicted octanol–water partition coefficient (Wildman–Crippen LogP) is 2.46. The average Bonchev–Trinajstić information content (AvgIpc) is 2.97. The first kappa shape index (κ1) is 23.3. The molecule has 158 valence electrons. The molecule has 2 rings (SSSR count). The van der Waals surface area contributed by atoms with E-state index in [1.54, 1.807) is 31.2 Å². The van der Waals surface area contributed by atoms with E-state index in [1.165, 1.54) is 21.3 Å². The summed E-state index contributed by atoms with van der Waals surface area (Å²) in [6.45, 7) is 2.10. The van der Waals surface area contributed by atoms with E-state index >= 15 is 0 Å². The molecule has 1 aliphatic heterocycles. The van der Waals surface area contributed by atoms with E-state index in [1.807, 2.05) is 0 Å². The molecule has 10 heteroatoms. The van der Waals surface area contributed by atoms with Crippen LogP contribution in [0.15, 0.2) is 24.3 Å². The highest BCUT2D eigenvalue weighted by atomic mass is 32.2. The molecule has 0 aliphatic carbocycles. The number of carbonyl (C=O) groups excluding carboxylic acids is 3. The monoisotopic (exact) mass is 441 g/mol. The average molecular weight is 442 g/mol. The third-order valence-electron chi connectivity index (χ3n) is 4.36. The Balaban J connectivity index is 2.39. The van der Waals surface area contributed by atoms with Gasteiger partial charge in [0.05, 0.1) is 30.2 Å². The molecule has 0 spiro atoms. The van der Waals surface area contributed by atoms with Crippen molar-refractivity contribution >= 4 is 46.1 Å². The Labute approximate surface area is 178 Å². The molecule has 8 nitrogen and oxygen atoms in total. The number of carbonyl (C=O) groups is 3. The van der Waals surface area contributed by atoms with Crippen LogP contribution in [0.3, 0.4) is 0 Å². The summed E-state index contributed by atoms with van der Waals surface area (Å²) in [4.78, 5) is 39.4. The Bertz CT molecular complexity index is 747. The highest BCUT2D eigenvalue weighted by Crippen LogP contribution is 2.34. The van der Waals surface area contributed by atoms with Gasteiger partial charge in [-0.3, -0.25) is 19.3 Å². The molecule has 2 atom stereocenters. The summed E-state index contributed by atoms with van der Waals surface area (Å²) < 4.78 is 20.8. The van der Waals surface area contributed by atoms with Crippen LogP contribution in [0, 0.1) is 5.92 Å². The maximum Gasteiger partial charge on any atom is 0.313 e. The standard InChI is InChI=1S/C19H23NO7S2/c1-5-27-19(28)29-14(10-13(17(23)24-2)18(25-3)26-4)20-15(21)11-8-6-7-9-12(11)16(20)22/h6-9,13-14,18H,5,10H2,1-4H3. The second-order valence-corrected chi connectivity index (χ2v) is 7.77. The van der Waals surface area contributed by atoms with Gasteiger partial charge in [0.25, 0.3) is 11.8 Å². The molecule has 0 saturated carbocycles. The molecule has 1 heterocycles. The number of rotatable bonds is 9. The topological polar surface area (TPSA) is 91.4 Å². The van der Waals surface area contributed by atoms with Crippen LogP contribution >= 0.6 is 24.0 Å². The summed E-state index contributed by atoms with van der Waals surface area (Å²) in [5.41, 5.74) is 0.602. The molecular weight excluding hydrogens is 418 g/mol. The smallest absolute Gasteiger partial charge is 0.313 e. The predicted molar refractivity (Wildman–Crippen MR) is 110 cm³/mol. The van der Waals surface area contributed by atoms with Crippen LogP contribution < -0.4 is 0 Å².